The van der Waals surface area contributed by atoms with Crippen LogP contribution in [0.4, 0.5) is 17.2 Å². The Kier molecular flexibility index (Phi) is 9.88. The molecule has 35 heavy (non-hydrogen) atoms. The van der Waals surface area contributed by atoms with Crippen LogP contribution in [0.2, 0.25) is 0 Å². The molecule has 180 valence electrons. The number of esters is 2. The van der Waals surface area contributed by atoms with Gasteiger partial charge < -0.3 is 14.4 Å². The molecule has 1 aromatic heterocycles. The molecule has 0 spiro atoms. The van der Waals surface area contributed by atoms with E-state index in [2.05, 4.69) is 28.5 Å². The van der Waals surface area contributed by atoms with Crippen LogP contribution >= 0.6 is 0 Å². The van der Waals surface area contributed by atoms with Gasteiger partial charge in [0.05, 0.1) is 37.0 Å². The second-order valence-corrected chi connectivity index (χ2v) is 7.12. The van der Waals surface area contributed by atoms with Gasteiger partial charge in [-0.1, -0.05) is 13.2 Å². The van der Waals surface area contributed by atoms with Crippen LogP contribution in [-0.4, -0.2) is 48.0 Å². The number of hydrogen-bond donors (Lipinski definition) is 0. The summed E-state index contributed by atoms with van der Waals surface area (Å²) in [6.07, 6.45) is 2.17. The summed E-state index contributed by atoms with van der Waals surface area (Å²) in [5.41, 5.74) is 2.71. The van der Waals surface area contributed by atoms with Crippen molar-refractivity contribution in [3.8, 4) is 12.1 Å². The van der Waals surface area contributed by atoms with Crippen LogP contribution in [0.15, 0.2) is 53.7 Å². The molecular formula is C24H25N7O4. The molecule has 0 fully saturated rings. The zero-order valence-electron chi connectivity index (χ0n) is 19.6. The average molecular weight is 476 g/mol. The minimum Gasteiger partial charge on any atom is -0.461 e. The highest BCUT2D eigenvalue weighted by atomic mass is 16.5. The van der Waals surface area contributed by atoms with E-state index >= 15 is 0 Å². The van der Waals surface area contributed by atoms with Crippen molar-refractivity contribution in [2.24, 2.45) is 17.3 Å². The van der Waals surface area contributed by atoms with E-state index in [1.54, 1.807) is 13.1 Å². The summed E-state index contributed by atoms with van der Waals surface area (Å²) in [5.74, 6) is -0.796. The van der Waals surface area contributed by atoms with Gasteiger partial charge in [-0.15, -0.1) is 10.2 Å². The maximum Gasteiger partial charge on any atom is 0.330 e. The van der Waals surface area contributed by atoms with Gasteiger partial charge in [-0.3, -0.25) is 0 Å². The molecule has 1 aromatic carbocycles. The Labute approximate surface area is 203 Å². The first-order chi connectivity index (χ1) is 16.8. The lowest BCUT2D eigenvalue weighted by Gasteiger charge is -2.25. The Hall–Kier alpha value is -4.77. The summed E-state index contributed by atoms with van der Waals surface area (Å²) in [6.45, 7) is 9.53. The Morgan fingerprint density at radius 1 is 1.14 bits per heavy atom. The minimum absolute atomic E-state index is 0.0000341. The summed E-state index contributed by atoms with van der Waals surface area (Å²) >= 11 is 0. The highest BCUT2D eigenvalue weighted by molar-refractivity contribution is 5.81. The van der Waals surface area contributed by atoms with Gasteiger partial charge in [-0.05, 0) is 30.7 Å². The van der Waals surface area contributed by atoms with Crippen LogP contribution in [0.5, 0.6) is 0 Å². The number of nitriles is 2. The van der Waals surface area contributed by atoms with Crippen LogP contribution in [0, 0.1) is 29.6 Å². The van der Waals surface area contributed by atoms with Gasteiger partial charge in [-0.2, -0.15) is 15.6 Å². The molecule has 0 aliphatic rings. The van der Waals surface area contributed by atoms with Crippen LogP contribution < -0.4 is 4.90 Å². The summed E-state index contributed by atoms with van der Waals surface area (Å²) in [4.78, 5) is 24.6. The zero-order chi connectivity index (χ0) is 25.8. The SMILES string of the molecule is C=CC(=O)OCCN(CCOC(=O)C=C)c1ccc(N=Nc2c(C#N)c(CC#N)nn2C)c(C)c1. The van der Waals surface area contributed by atoms with Crippen LogP contribution in [0.3, 0.4) is 0 Å². The quantitative estimate of drug-likeness (QED) is 0.258. The molecule has 0 N–H and O–H groups in total. The first-order valence-corrected chi connectivity index (χ1v) is 10.5. The van der Waals surface area contributed by atoms with E-state index in [1.807, 2.05) is 36.1 Å². The van der Waals surface area contributed by atoms with Crippen LogP contribution in [0.25, 0.3) is 0 Å². The number of carbonyl (C=O) groups is 2. The molecule has 11 nitrogen and oxygen atoms in total. The van der Waals surface area contributed by atoms with Crippen molar-refractivity contribution in [2.75, 3.05) is 31.2 Å². The maximum absolute atomic E-state index is 11.4. The molecule has 2 aromatic rings. The first kappa shape index (κ1) is 26.5. The fourth-order valence-corrected chi connectivity index (χ4v) is 3.05. The van der Waals surface area contributed by atoms with Crippen LogP contribution in [-0.2, 0) is 32.5 Å². The molecular weight excluding hydrogens is 450 g/mol. The zero-order valence-corrected chi connectivity index (χ0v) is 19.6. The Balaban J connectivity index is 2.23. The molecule has 0 aliphatic carbocycles. The van der Waals surface area contributed by atoms with E-state index < -0.39 is 11.9 Å². The monoisotopic (exact) mass is 475 g/mol. The number of rotatable bonds is 12. The van der Waals surface area contributed by atoms with Crippen molar-refractivity contribution in [2.45, 2.75) is 13.3 Å². The van der Waals surface area contributed by atoms with E-state index in [4.69, 9.17) is 14.7 Å². The van der Waals surface area contributed by atoms with Crippen molar-refractivity contribution in [1.82, 2.24) is 9.78 Å². The predicted molar refractivity (Wildman–Crippen MR) is 127 cm³/mol. The van der Waals surface area contributed by atoms with Crippen molar-refractivity contribution in [1.29, 1.82) is 10.5 Å². The number of hydrogen-bond acceptors (Lipinski definition) is 10. The van der Waals surface area contributed by atoms with Crippen molar-refractivity contribution in [3.63, 3.8) is 0 Å². The molecule has 0 radical (unpaired) electrons. The van der Waals surface area contributed by atoms with Gasteiger partial charge in [0.25, 0.3) is 0 Å². The minimum atomic E-state index is -0.528. The highest BCUT2D eigenvalue weighted by Gasteiger charge is 2.16. The van der Waals surface area contributed by atoms with E-state index in [1.165, 1.54) is 4.68 Å². The molecule has 0 unspecified atom stereocenters. The third-order valence-corrected chi connectivity index (χ3v) is 4.79. The normalized spacial score (nSPS) is 10.3. The number of ether oxygens (including phenoxy) is 2. The second kappa shape index (κ2) is 13.1. The van der Waals surface area contributed by atoms with E-state index in [0.29, 0.717) is 24.5 Å². The lowest BCUT2D eigenvalue weighted by atomic mass is 10.1. The lowest BCUT2D eigenvalue weighted by Crippen LogP contribution is -2.32. The van der Waals surface area contributed by atoms with E-state index in [0.717, 1.165) is 23.4 Å². The number of azo groups is 1. The van der Waals surface area contributed by atoms with E-state index in [-0.39, 0.29) is 31.0 Å². The highest BCUT2D eigenvalue weighted by Crippen LogP contribution is 2.28. The predicted octanol–water partition coefficient (Wildman–Crippen LogP) is 3.35. The third-order valence-electron chi connectivity index (χ3n) is 4.79. The molecule has 0 amide bonds. The fourth-order valence-electron chi connectivity index (χ4n) is 3.05. The molecule has 0 bridgehead atoms. The first-order valence-electron chi connectivity index (χ1n) is 10.5. The summed E-state index contributed by atoms with van der Waals surface area (Å²) in [6, 6.07) is 9.44. The number of aryl methyl sites for hydroxylation is 2. The van der Waals surface area contributed by atoms with Gasteiger partial charge in [-0.25, -0.2) is 14.3 Å². The van der Waals surface area contributed by atoms with Crippen molar-refractivity contribution < 1.29 is 19.1 Å². The van der Waals surface area contributed by atoms with Gasteiger partial charge in [0, 0.05) is 24.9 Å². The van der Waals surface area contributed by atoms with Gasteiger partial charge in [0.1, 0.15) is 24.8 Å². The molecule has 1 heterocycles. The summed E-state index contributed by atoms with van der Waals surface area (Å²) < 4.78 is 11.6. The lowest BCUT2D eigenvalue weighted by molar-refractivity contribution is -0.137. The van der Waals surface area contributed by atoms with Gasteiger partial charge in [0.15, 0.2) is 5.82 Å². The Morgan fingerprint density at radius 3 is 2.29 bits per heavy atom. The maximum atomic E-state index is 11.4. The Morgan fingerprint density at radius 2 is 1.77 bits per heavy atom. The molecule has 0 saturated heterocycles. The topological polar surface area (TPSA) is 146 Å². The number of carbonyl (C=O) groups excluding carboxylic acids is 2. The molecule has 2 rings (SSSR count). The number of anilines is 1. The largest absolute Gasteiger partial charge is 0.461 e. The second-order valence-electron chi connectivity index (χ2n) is 7.12. The molecule has 11 heteroatoms. The molecule has 0 aliphatic heterocycles. The number of nitrogens with zero attached hydrogens (tertiary/aromatic N) is 7. The Bertz CT molecular complexity index is 1190. The molecule has 0 saturated carbocycles. The smallest absolute Gasteiger partial charge is 0.330 e. The van der Waals surface area contributed by atoms with Crippen LogP contribution in [0.1, 0.15) is 16.8 Å². The fraction of sp³-hybridized carbons (Fsp3) is 0.292. The number of benzene rings is 1. The summed E-state index contributed by atoms with van der Waals surface area (Å²) in [5, 5.41) is 31.0. The number of aromatic nitrogens is 2. The summed E-state index contributed by atoms with van der Waals surface area (Å²) in [7, 11) is 1.63. The standard InChI is InChI=1S/C24H25N7O4/c1-5-22(32)34-13-11-31(12-14-35-23(33)6-2)18-7-8-20(17(3)15-18)27-28-24-19(16-26)21(9-10-25)29-30(24)4/h5-8,15H,1-2,9,11-14H2,3-4H3. The van der Waals surface area contributed by atoms with E-state index in [9.17, 15) is 14.9 Å². The van der Waals surface area contributed by atoms with Gasteiger partial charge >= 0.3 is 11.9 Å². The average Bonchev–Trinajstić information content (AvgIpc) is 3.15. The van der Waals surface area contributed by atoms with Gasteiger partial charge in [0.2, 0.25) is 0 Å². The third kappa shape index (κ3) is 7.37. The van der Waals surface area contributed by atoms with Crippen molar-refractivity contribution >= 4 is 29.1 Å². The van der Waals surface area contributed by atoms with Crippen molar-refractivity contribution in [3.05, 3.63) is 60.3 Å². The molecule has 0 atom stereocenters.